The minimum Gasteiger partial charge on any atom is -0.354 e. The molecule has 0 aromatic carbocycles. The van der Waals surface area contributed by atoms with Crippen LogP contribution in [0.15, 0.2) is 18.5 Å². The standard InChI is InChI=1S/C11H16N2O/c1-2-13-6-5-9(8-13)7-10-3-4-11(14)12-10/h5-6,8,10H,2-4,7H2,1H3,(H,12,14). The predicted molar refractivity (Wildman–Crippen MR) is 55.0 cm³/mol. The molecule has 1 aromatic rings. The van der Waals surface area contributed by atoms with Gasteiger partial charge in [-0.25, -0.2) is 0 Å². The molecule has 1 aromatic heterocycles. The average molecular weight is 192 g/mol. The fourth-order valence-electron chi connectivity index (χ4n) is 1.92. The van der Waals surface area contributed by atoms with Crippen LogP contribution in [0.25, 0.3) is 0 Å². The van der Waals surface area contributed by atoms with Gasteiger partial charge in [-0.3, -0.25) is 4.79 Å². The highest BCUT2D eigenvalue weighted by Gasteiger charge is 2.20. The second-order valence-corrected chi connectivity index (χ2v) is 3.86. The van der Waals surface area contributed by atoms with Gasteiger partial charge in [0, 0.05) is 31.4 Å². The van der Waals surface area contributed by atoms with Crippen molar-refractivity contribution in [1.29, 1.82) is 0 Å². The van der Waals surface area contributed by atoms with E-state index in [0.29, 0.717) is 12.5 Å². The van der Waals surface area contributed by atoms with Gasteiger partial charge in [-0.2, -0.15) is 0 Å². The van der Waals surface area contributed by atoms with Gasteiger partial charge in [-0.15, -0.1) is 0 Å². The first-order valence-electron chi connectivity index (χ1n) is 5.22. The van der Waals surface area contributed by atoms with Crippen molar-refractivity contribution in [2.24, 2.45) is 0 Å². The maximum atomic E-state index is 11.0. The third-order valence-corrected chi connectivity index (χ3v) is 2.74. The van der Waals surface area contributed by atoms with Gasteiger partial charge in [0.25, 0.3) is 0 Å². The maximum absolute atomic E-state index is 11.0. The molecule has 3 heteroatoms. The van der Waals surface area contributed by atoms with Crippen molar-refractivity contribution in [3.8, 4) is 0 Å². The molecule has 1 aliphatic rings. The molecular weight excluding hydrogens is 176 g/mol. The third kappa shape index (κ3) is 1.97. The summed E-state index contributed by atoms with van der Waals surface area (Å²) < 4.78 is 2.16. The molecule has 1 N–H and O–H groups in total. The fourth-order valence-corrected chi connectivity index (χ4v) is 1.92. The van der Waals surface area contributed by atoms with E-state index >= 15 is 0 Å². The van der Waals surface area contributed by atoms with E-state index in [1.54, 1.807) is 0 Å². The van der Waals surface area contributed by atoms with Crippen LogP contribution in [0.1, 0.15) is 25.3 Å². The highest BCUT2D eigenvalue weighted by molar-refractivity contribution is 5.78. The van der Waals surface area contributed by atoms with Crippen LogP contribution in [0.3, 0.4) is 0 Å². The van der Waals surface area contributed by atoms with Gasteiger partial charge in [-0.1, -0.05) is 0 Å². The van der Waals surface area contributed by atoms with Crippen molar-refractivity contribution in [2.75, 3.05) is 0 Å². The molecule has 2 rings (SSSR count). The van der Waals surface area contributed by atoms with E-state index < -0.39 is 0 Å². The highest BCUT2D eigenvalue weighted by Crippen LogP contribution is 2.13. The van der Waals surface area contributed by atoms with E-state index in [4.69, 9.17) is 0 Å². The van der Waals surface area contributed by atoms with E-state index in [0.717, 1.165) is 19.4 Å². The van der Waals surface area contributed by atoms with Crippen molar-refractivity contribution in [1.82, 2.24) is 9.88 Å². The minimum absolute atomic E-state index is 0.199. The van der Waals surface area contributed by atoms with Crippen LogP contribution in [0.5, 0.6) is 0 Å². The lowest BCUT2D eigenvalue weighted by molar-refractivity contribution is -0.119. The molecule has 14 heavy (non-hydrogen) atoms. The lowest BCUT2D eigenvalue weighted by Crippen LogP contribution is -2.26. The zero-order chi connectivity index (χ0) is 9.97. The summed E-state index contributed by atoms with van der Waals surface area (Å²) in [5.74, 6) is 0.199. The quantitative estimate of drug-likeness (QED) is 0.770. The van der Waals surface area contributed by atoms with Crippen molar-refractivity contribution in [3.63, 3.8) is 0 Å². The summed E-state index contributed by atoms with van der Waals surface area (Å²) >= 11 is 0. The summed E-state index contributed by atoms with van der Waals surface area (Å²) in [6, 6.07) is 2.49. The molecule has 2 heterocycles. The molecule has 0 bridgehead atoms. The van der Waals surface area contributed by atoms with Crippen LogP contribution in [-0.2, 0) is 17.8 Å². The monoisotopic (exact) mass is 192 g/mol. The summed E-state index contributed by atoms with van der Waals surface area (Å²) in [7, 11) is 0. The fraction of sp³-hybridized carbons (Fsp3) is 0.545. The normalized spacial score (nSPS) is 21.2. The van der Waals surface area contributed by atoms with Gasteiger partial charge in [0.05, 0.1) is 0 Å². The summed E-state index contributed by atoms with van der Waals surface area (Å²) in [6.45, 7) is 3.14. The molecular formula is C11H16N2O. The molecule has 1 amide bonds. The lowest BCUT2D eigenvalue weighted by atomic mass is 10.1. The Morgan fingerprint density at radius 3 is 3.07 bits per heavy atom. The zero-order valence-corrected chi connectivity index (χ0v) is 8.49. The Balaban J connectivity index is 1.93. The van der Waals surface area contributed by atoms with Crippen LogP contribution in [0.4, 0.5) is 0 Å². The Bertz CT molecular complexity index is 330. The largest absolute Gasteiger partial charge is 0.354 e. The number of aryl methyl sites for hydroxylation is 1. The number of hydrogen-bond donors (Lipinski definition) is 1. The number of hydrogen-bond acceptors (Lipinski definition) is 1. The number of rotatable bonds is 3. The second-order valence-electron chi connectivity index (χ2n) is 3.86. The van der Waals surface area contributed by atoms with Crippen LogP contribution >= 0.6 is 0 Å². The van der Waals surface area contributed by atoms with Gasteiger partial charge >= 0.3 is 0 Å². The maximum Gasteiger partial charge on any atom is 0.220 e. The van der Waals surface area contributed by atoms with E-state index in [2.05, 4.69) is 35.3 Å². The van der Waals surface area contributed by atoms with E-state index in [1.165, 1.54) is 5.56 Å². The summed E-state index contributed by atoms with van der Waals surface area (Å²) in [5.41, 5.74) is 1.32. The molecule has 1 aliphatic heterocycles. The Morgan fingerprint density at radius 1 is 1.64 bits per heavy atom. The Morgan fingerprint density at radius 2 is 2.50 bits per heavy atom. The van der Waals surface area contributed by atoms with Gasteiger partial charge in [0.15, 0.2) is 0 Å². The number of carbonyl (C=O) groups is 1. The first kappa shape index (κ1) is 9.31. The number of nitrogens with zero attached hydrogens (tertiary/aromatic N) is 1. The van der Waals surface area contributed by atoms with Crippen molar-refractivity contribution >= 4 is 5.91 Å². The van der Waals surface area contributed by atoms with Gasteiger partial charge in [0.1, 0.15) is 0 Å². The van der Waals surface area contributed by atoms with Gasteiger partial charge in [0.2, 0.25) is 5.91 Å². The molecule has 1 fully saturated rings. The Kier molecular flexibility index (Phi) is 2.57. The third-order valence-electron chi connectivity index (χ3n) is 2.74. The van der Waals surface area contributed by atoms with Crippen molar-refractivity contribution in [3.05, 3.63) is 24.0 Å². The molecule has 1 saturated heterocycles. The smallest absolute Gasteiger partial charge is 0.220 e. The average Bonchev–Trinajstić information content (AvgIpc) is 2.76. The van der Waals surface area contributed by atoms with E-state index in [-0.39, 0.29) is 5.91 Å². The summed E-state index contributed by atoms with van der Waals surface area (Å²) in [5, 5.41) is 2.98. The molecule has 0 radical (unpaired) electrons. The molecule has 1 unspecified atom stereocenters. The molecule has 0 saturated carbocycles. The van der Waals surface area contributed by atoms with Crippen LogP contribution in [0, 0.1) is 0 Å². The van der Waals surface area contributed by atoms with Crippen LogP contribution in [-0.4, -0.2) is 16.5 Å². The van der Waals surface area contributed by atoms with E-state index in [1.807, 2.05) is 0 Å². The topological polar surface area (TPSA) is 34.0 Å². The van der Waals surface area contributed by atoms with Crippen molar-refractivity contribution < 1.29 is 4.79 Å². The van der Waals surface area contributed by atoms with Crippen molar-refractivity contribution in [2.45, 2.75) is 38.8 Å². The van der Waals surface area contributed by atoms with Crippen LogP contribution in [0.2, 0.25) is 0 Å². The zero-order valence-electron chi connectivity index (χ0n) is 8.49. The SMILES string of the molecule is CCn1ccc(CC2CCC(=O)N2)c1. The Labute approximate surface area is 84.1 Å². The molecule has 0 spiro atoms. The second kappa shape index (κ2) is 3.86. The van der Waals surface area contributed by atoms with E-state index in [9.17, 15) is 4.79 Å². The minimum atomic E-state index is 0.199. The first-order chi connectivity index (χ1) is 6.78. The first-order valence-corrected chi connectivity index (χ1v) is 5.22. The number of aromatic nitrogens is 1. The van der Waals surface area contributed by atoms with Gasteiger partial charge < -0.3 is 9.88 Å². The Hall–Kier alpha value is -1.25. The highest BCUT2D eigenvalue weighted by atomic mass is 16.1. The molecule has 3 nitrogen and oxygen atoms in total. The lowest BCUT2D eigenvalue weighted by Gasteiger charge is -2.07. The van der Waals surface area contributed by atoms with Crippen LogP contribution < -0.4 is 5.32 Å². The number of amides is 1. The number of nitrogens with one attached hydrogen (secondary N) is 1. The molecule has 1 atom stereocenters. The predicted octanol–water partition coefficient (Wildman–Crippen LogP) is 1.33. The number of carbonyl (C=O) groups excluding carboxylic acids is 1. The molecule has 76 valence electrons. The summed E-state index contributed by atoms with van der Waals surface area (Å²) in [4.78, 5) is 11.0. The van der Waals surface area contributed by atoms with Gasteiger partial charge in [-0.05, 0) is 31.4 Å². The summed E-state index contributed by atoms with van der Waals surface area (Å²) in [6.07, 6.45) is 6.89. The molecule has 0 aliphatic carbocycles.